The zero-order valence-corrected chi connectivity index (χ0v) is 12.6. The molecule has 21 heavy (non-hydrogen) atoms. The van der Waals surface area contributed by atoms with Crippen molar-refractivity contribution in [1.29, 1.82) is 0 Å². The molecule has 0 amide bonds. The average molecular weight is 293 g/mol. The Hall–Kier alpha value is -1.43. The van der Waals surface area contributed by atoms with E-state index in [1.165, 1.54) is 0 Å². The zero-order valence-electron chi connectivity index (χ0n) is 12.6. The van der Waals surface area contributed by atoms with Crippen molar-refractivity contribution in [3.8, 4) is 0 Å². The molecule has 2 N–H and O–H groups in total. The third-order valence-corrected chi connectivity index (χ3v) is 3.54. The first-order valence-corrected chi connectivity index (χ1v) is 7.18. The van der Waals surface area contributed by atoms with Crippen LogP contribution in [-0.4, -0.2) is 52.5 Å². The molecule has 0 aromatic heterocycles. The quantitative estimate of drug-likeness (QED) is 0.856. The Morgan fingerprint density at radius 3 is 2.52 bits per heavy atom. The summed E-state index contributed by atoms with van der Waals surface area (Å²) < 4.78 is 5.80. The summed E-state index contributed by atoms with van der Waals surface area (Å²) in [5, 5.41) is 18.1. The summed E-state index contributed by atoms with van der Waals surface area (Å²) in [5.41, 5.74) is 1.68. The van der Waals surface area contributed by atoms with Gasteiger partial charge >= 0.3 is 5.97 Å². The van der Waals surface area contributed by atoms with E-state index in [1.54, 1.807) is 0 Å². The maximum absolute atomic E-state index is 10.7. The van der Waals surface area contributed by atoms with Gasteiger partial charge in [0.2, 0.25) is 0 Å². The predicted molar refractivity (Wildman–Crippen MR) is 79.1 cm³/mol. The molecule has 1 aromatic carbocycles. The number of carboxylic acids is 1. The SMILES string of the molecule is CC1(C)CN(Cc2ccc(CC(=O)O)cc2)CC(CO)O1. The molecule has 5 nitrogen and oxygen atoms in total. The molecule has 0 saturated carbocycles. The lowest BCUT2D eigenvalue weighted by Crippen LogP contribution is -2.53. The molecule has 1 aliphatic rings. The molecule has 1 atom stereocenters. The molecule has 1 aliphatic heterocycles. The number of carbonyl (C=O) groups is 1. The van der Waals surface area contributed by atoms with Gasteiger partial charge in [0.25, 0.3) is 0 Å². The van der Waals surface area contributed by atoms with Crippen molar-refractivity contribution in [1.82, 2.24) is 4.90 Å². The predicted octanol–water partition coefficient (Wildman–Crippen LogP) is 1.29. The molecule has 1 unspecified atom stereocenters. The van der Waals surface area contributed by atoms with Gasteiger partial charge in [-0.1, -0.05) is 24.3 Å². The molecule has 116 valence electrons. The van der Waals surface area contributed by atoms with E-state index in [4.69, 9.17) is 9.84 Å². The second-order valence-corrected chi connectivity index (χ2v) is 6.24. The van der Waals surface area contributed by atoms with Crippen LogP contribution in [0.15, 0.2) is 24.3 Å². The Bertz CT molecular complexity index is 484. The third-order valence-electron chi connectivity index (χ3n) is 3.54. The fourth-order valence-corrected chi connectivity index (χ4v) is 2.83. The number of hydrogen-bond acceptors (Lipinski definition) is 4. The molecule has 1 fully saturated rings. The lowest BCUT2D eigenvalue weighted by Gasteiger charge is -2.42. The van der Waals surface area contributed by atoms with Crippen LogP contribution in [0.3, 0.4) is 0 Å². The summed E-state index contributed by atoms with van der Waals surface area (Å²) in [6.07, 6.45) is -0.0997. The molecule has 2 rings (SSSR count). The number of benzene rings is 1. The van der Waals surface area contributed by atoms with Crippen LogP contribution in [0.5, 0.6) is 0 Å². The van der Waals surface area contributed by atoms with E-state index < -0.39 is 5.97 Å². The van der Waals surface area contributed by atoms with E-state index in [2.05, 4.69) is 4.90 Å². The fraction of sp³-hybridized carbons (Fsp3) is 0.562. The molecule has 1 aromatic rings. The number of carboxylic acid groups (broad SMARTS) is 1. The summed E-state index contributed by atoms with van der Waals surface area (Å²) in [7, 11) is 0. The van der Waals surface area contributed by atoms with Crippen LogP contribution in [0.1, 0.15) is 25.0 Å². The Morgan fingerprint density at radius 1 is 1.33 bits per heavy atom. The van der Waals surface area contributed by atoms with Crippen molar-refractivity contribution in [2.24, 2.45) is 0 Å². The minimum atomic E-state index is -0.816. The number of nitrogens with zero attached hydrogens (tertiary/aromatic N) is 1. The van der Waals surface area contributed by atoms with Crippen molar-refractivity contribution < 1.29 is 19.7 Å². The number of hydrogen-bond donors (Lipinski definition) is 2. The monoisotopic (exact) mass is 293 g/mol. The van der Waals surface area contributed by atoms with Gasteiger partial charge in [0.15, 0.2) is 0 Å². The van der Waals surface area contributed by atoms with Crippen molar-refractivity contribution in [3.05, 3.63) is 35.4 Å². The zero-order chi connectivity index (χ0) is 15.5. The standard InChI is InChI=1S/C16H23NO4/c1-16(2)11-17(9-14(10-18)21-16)8-13-5-3-12(4-6-13)7-15(19)20/h3-6,14,18H,7-11H2,1-2H3,(H,19,20). The molecule has 1 saturated heterocycles. The van der Waals surface area contributed by atoms with Crippen LogP contribution < -0.4 is 0 Å². The summed E-state index contributed by atoms with van der Waals surface area (Å²) in [4.78, 5) is 12.9. The average Bonchev–Trinajstić information content (AvgIpc) is 2.38. The molecular weight excluding hydrogens is 270 g/mol. The number of aliphatic carboxylic acids is 1. The summed E-state index contributed by atoms with van der Waals surface area (Å²) in [6, 6.07) is 7.65. The van der Waals surface area contributed by atoms with Gasteiger partial charge in [0, 0.05) is 19.6 Å². The number of rotatable bonds is 5. The molecule has 0 bridgehead atoms. The molecule has 1 heterocycles. The maximum atomic E-state index is 10.7. The highest BCUT2D eigenvalue weighted by Crippen LogP contribution is 2.22. The van der Waals surface area contributed by atoms with Crippen molar-refractivity contribution in [2.45, 2.75) is 38.5 Å². The van der Waals surface area contributed by atoms with E-state index in [-0.39, 0.29) is 24.7 Å². The van der Waals surface area contributed by atoms with E-state index in [0.717, 1.165) is 24.2 Å². The Morgan fingerprint density at radius 2 is 1.95 bits per heavy atom. The van der Waals surface area contributed by atoms with Crippen LogP contribution in [0.25, 0.3) is 0 Å². The number of ether oxygens (including phenoxy) is 1. The Labute approximate surface area is 125 Å². The lowest BCUT2D eigenvalue weighted by atomic mass is 10.0. The van der Waals surface area contributed by atoms with Crippen LogP contribution in [0.4, 0.5) is 0 Å². The van der Waals surface area contributed by atoms with Gasteiger partial charge < -0.3 is 14.9 Å². The van der Waals surface area contributed by atoms with Gasteiger partial charge in [-0.2, -0.15) is 0 Å². The van der Waals surface area contributed by atoms with Crippen LogP contribution in [-0.2, 0) is 22.5 Å². The maximum Gasteiger partial charge on any atom is 0.307 e. The number of morpholine rings is 1. The summed E-state index contributed by atoms with van der Waals surface area (Å²) in [5.74, 6) is -0.816. The van der Waals surface area contributed by atoms with Gasteiger partial charge in [0.1, 0.15) is 0 Å². The molecule has 0 spiro atoms. The van der Waals surface area contributed by atoms with Crippen LogP contribution in [0.2, 0.25) is 0 Å². The number of aliphatic hydroxyl groups excluding tert-OH is 1. The van der Waals surface area contributed by atoms with Crippen molar-refractivity contribution in [2.75, 3.05) is 19.7 Å². The van der Waals surface area contributed by atoms with Gasteiger partial charge in [-0.15, -0.1) is 0 Å². The van der Waals surface area contributed by atoms with E-state index in [1.807, 2.05) is 38.1 Å². The topological polar surface area (TPSA) is 70.0 Å². The molecule has 0 radical (unpaired) electrons. The highest BCUT2D eigenvalue weighted by atomic mass is 16.5. The van der Waals surface area contributed by atoms with E-state index in [0.29, 0.717) is 6.54 Å². The van der Waals surface area contributed by atoms with E-state index in [9.17, 15) is 9.90 Å². The fourth-order valence-electron chi connectivity index (χ4n) is 2.83. The largest absolute Gasteiger partial charge is 0.481 e. The lowest BCUT2D eigenvalue weighted by molar-refractivity contribution is -0.150. The first kappa shape index (κ1) is 15.9. The number of aliphatic hydroxyl groups is 1. The van der Waals surface area contributed by atoms with Crippen molar-refractivity contribution in [3.63, 3.8) is 0 Å². The van der Waals surface area contributed by atoms with Gasteiger partial charge in [0.05, 0.1) is 24.7 Å². The first-order chi connectivity index (χ1) is 9.88. The highest BCUT2D eigenvalue weighted by molar-refractivity contribution is 5.70. The highest BCUT2D eigenvalue weighted by Gasteiger charge is 2.32. The molecule has 5 heteroatoms. The Balaban J connectivity index is 1.98. The second-order valence-electron chi connectivity index (χ2n) is 6.24. The third kappa shape index (κ3) is 4.81. The van der Waals surface area contributed by atoms with Crippen LogP contribution in [0, 0.1) is 0 Å². The van der Waals surface area contributed by atoms with Gasteiger partial charge in [-0.05, 0) is 25.0 Å². The smallest absolute Gasteiger partial charge is 0.307 e. The minimum absolute atomic E-state index is 0.0253. The second kappa shape index (κ2) is 6.56. The normalized spacial score (nSPS) is 22.1. The molecular formula is C16H23NO4. The summed E-state index contributed by atoms with van der Waals surface area (Å²) in [6.45, 7) is 6.36. The van der Waals surface area contributed by atoms with Crippen LogP contribution >= 0.6 is 0 Å². The first-order valence-electron chi connectivity index (χ1n) is 7.18. The Kier molecular flexibility index (Phi) is 4.98. The van der Waals surface area contributed by atoms with Gasteiger partial charge in [-0.3, -0.25) is 9.69 Å². The molecule has 0 aliphatic carbocycles. The minimum Gasteiger partial charge on any atom is -0.481 e. The van der Waals surface area contributed by atoms with E-state index >= 15 is 0 Å². The van der Waals surface area contributed by atoms with Gasteiger partial charge in [-0.25, -0.2) is 0 Å². The summed E-state index contributed by atoms with van der Waals surface area (Å²) >= 11 is 0. The van der Waals surface area contributed by atoms with Crippen molar-refractivity contribution >= 4 is 5.97 Å².